The Kier molecular flexibility index (Phi) is 54.4. The zero-order valence-electron chi connectivity index (χ0n) is 47.5. The van der Waals surface area contributed by atoms with Gasteiger partial charge in [0.2, 0.25) is 0 Å². The van der Waals surface area contributed by atoms with Crippen molar-refractivity contribution in [3.63, 3.8) is 0 Å². The van der Waals surface area contributed by atoms with Crippen LogP contribution in [0, 0.1) is 11.8 Å². The zero-order chi connectivity index (χ0) is 50.4. The summed E-state index contributed by atoms with van der Waals surface area (Å²) in [6.45, 7) is 11.4. The summed E-state index contributed by atoms with van der Waals surface area (Å²) in [4.78, 5) is 38.3. The summed E-state index contributed by atoms with van der Waals surface area (Å²) in [7, 11) is 0. The molecule has 0 rings (SSSR count). The van der Waals surface area contributed by atoms with E-state index < -0.39 is 6.10 Å². The van der Waals surface area contributed by atoms with Gasteiger partial charge in [-0.05, 0) is 31.1 Å². The van der Waals surface area contributed by atoms with Gasteiger partial charge in [-0.3, -0.25) is 14.4 Å². The largest absolute Gasteiger partial charge is 0.462 e. The lowest BCUT2D eigenvalue weighted by Gasteiger charge is -2.18. The predicted octanol–water partition coefficient (Wildman–Crippen LogP) is 20.8. The van der Waals surface area contributed by atoms with E-state index in [1.165, 1.54) is 244 Å². The quantitative estimate of drug-likeness (QED) is 0.0343. The molecule has 0 bridgehead atoms. The second-order valence-corrected chi connectivity index (χ2v) is 22.6. The maximum absolute atomic E-state index is 12.9. The molecular weight excluding hydrogens is 853 g/mol. The molecule has 0 aromatic heterocycles. The molecule has 1 atom stereocenters. The molecule has 410 valence electrons. The molecule has 0 saturated heterocycles. The van der Waals surface area contributed by atoms with Crippen LogP contribution in [0.3, 0.4) is 0 Å². The normalized spacial score (nSPS) is 12.0. The molecule has 6 heteroatoms. The average molecular weight is 976 g/mol. The van der Waals surface area contributed by atoms with Crippen molar-refractivity contribution in [2.45, 2.75) is 362 Å². The Labute approximate surface area is 431 Å². The number of unbranched alkanes of at least 4 members (excludes halogenated alkanes) is 42. The summed E-state index contributed by atoms with van der Waals surface area (Å²) < 4.78 is 16.9. The molecule has 0 amide bonds. The highest BCUT2D eigenvalue weighted by Gasteiger charge is 2.19. The second kappa shape index (κ2) is 55.7. The smallest absolute Gasteiger partial charge is 0.306 e. The molecule has 0 aliphatic rings. The fourth-order valence-corrected chi connectivity index (χ4v) is 9.76. The molecular formula is C63H122O6. The molecule has 0 heterocycles. The molecule has 0 fully saturated rings. The lowest BCUT2D eigenvalue weighted by atomic mass is 10.0. The Bertz CT molecular complexity index is 1060. The number of ether oxygens (including phenoxy) is 3. The molecule has 0 unspecified atom stereocenters. The van der Waals surface area contributed by atoms with Gasteiger partial charge in [-0.15, -0.1) is 0 Å². The fourth-order valence-electron chi connectivity index (χ4n) is 9.76. The minimum atomic E-state index is -0.763. The lowest BCUT2D eigenvalue weighted by molar-refractivity contribution is -0.167. The number of esters is 3. The van der Waals surface area contributed by atoms with Gasteiger partial charge in [0, 0.05) is 19.3 Å². The van der Waals surface area contributed by atoms with Crippen molar-refractivity contribution in [2.75, 3.05) is 13.2 Å². The van der Waals surface area contributed by atoms with E-state index in [0.29, 0.717) is 19.3 Å². The standard InChI is InChI=1S/C63H122O6/c1-6-7-8-9-10-11-12-13-14-15-16-17-20-23-28-33-38-43-48-53-61(64)67-56-60(69-63(66)55-50-45-40-35-30-25-27-32-37-42-47-52-59(4)5)57-68-62(65)54-49-44-39-34-29-24-21-18-19-22-26-31-36-41-46-51-58(2)3/h58-60H,6-57H2,1-5H3/t60-/m1/s1. The Morgan fingerprint density at radius 2 is 0.478 bits per heavy atom. The van der Waals surface area contributed by atoms with E-state index in [1.807, 2.05) is 0 Å². The Morgan fingerprint density at radius 1 is 0.275 bits per heavy atom. The fraction of sp³-hybridized carbons (Fsp3) is 0.952. The third-order valence-electron chi connectivity index (χ3n) is 14.5. The molecule has 0 saturated carbocycles. The van der Waals surface area contributed by atoms with Gasteiger partial charge in [0.05, 0.1) is 0 Å². The van der Waals surface area contributed by atoms with E-state index in [0.717, 1.165) is 69.6 Å². The van der Waals surface area contributed by atoms with Gasteiger partial charge in [-0.25, -0.2) is 0 Å². The van der Waals surface area contributed by atoms with Crippen molar-refractivity contribution in [1.29, 1.82) is 0 Å². The number of hydrogen-bond donors (Lipinski definition) is 0. The van der Waals surface area contributed by atoms with Crippen LogP contribution in [0.2, 0.25) is 0 Å². The van der Waals surface area contributed by atoms with Crippen molar-refractivity contribution in [1.82, 2.24) is 0 Å². The average Bonchev–Trinajstić information content (AvgIpc) is 3.32. The van der Waals surface area contributed by atoms with Crippen molar-refractivity contribution in [3.05, 3.63) is 0 Å². The van der Waals surface area contributed by atoms with Crippen LogP contribution < -0.4 is 0 Å². The molecule has 0 N–H and O–H groups in total. The molecule has 0 spiro atoms. The van der Waals surface area contributed by atoms with Crippen molar-refractivity contribution >= 4 is 17.9 Å². The van der Waals surface area contributed by atoms with Gasteiger partial charge in [-0.2, -0.15) is 0 Å². The summed E-state index contributed by atoms with van der Waals surface area (Å²) >= 11 is 0. The number of carbonyl (C=O) groups is 3. The molecule has 0 aliphatic heterocycles. The number of carbonyl (C=O) groups excluding carboxylic acids is 3. The Balaban J connectivity index is 4.26. The first kappa shape index (κ1) is 67.4. The Morgan fingerprint density at radius 3 is 0.710 bits per heavy atom. The minimum Gasteiger partial charge on any atom is -0.462 e. The highest BCUT2D eigenvalue weighted by Crippen LogP contribution is 2.19. The summed E-state index contributed by atoms with van der Waals surface area (Å²) in [5, 5.41) is 0. The molecule has 0 aromatic rings. The summed E-state index contributed by atoms with van der Waals surface area (Å²) in [5.41, 5.74) is 0. The van der Waals surface area contributed by atoms with Crippen LogP contribution in [0.25, 0.3) is 0 Å². The SMILES string of the molecule is CCCCCCCCCCCCCCCCCCCCCC(=O)OC[C@H](COC(=O)CCCCCCCCCCCCCCCCCC(C)C)OC(=O)CCCCCCCCCCCCCC(C)C. The monoisotopic (exact) mass is 975 g/mol. The van der Waals surface area contributed by atoms with Gasteiger partial charge < -0.3 is 14.2 Å². The van der Waals surface area contributed by atoms with Gasteiger partial charge in [-0.1, -0.05) is 317 Å². The molecule has 69 heavy (non-hydrogen) atoms. The Hall–Kier alpha value is -1.59. The maximum Gasteiger partial charge on any atom is 0.306 e. The van der Waals surface area contributed by atoms with Crippen LogP contribution in [-0.4, -0.2) is 37.2 Å². The number of rotatable bonds is 57. The summed E-state index contributed by atoms with van der Waals surface area (Å²) in [6.07, 6.45) is 61.0. The maximum atomic E-state index is 12.9. The topological polar surface area (TPSA) is 78.9 Å². The van der Waals surface area contributed by atoms with E-state index >= 15 is 0 Å². The molecule has 6 nitrogen and oxygen atoms in total. The first-order valence-corrected chi connectivity index (χ1v) is 31.2. The number of hydrogen-bond acceptors (Lipinski definition) is 6. The lowest BCUT2D eigenvalue weighted by Crippen LogP contribution is -2.30. The van der Waals surface area contributed by atoms with Crippen molar-refractivity contribution in [3.8, 4) is 0 Å². The van der Waals surface area contributed by atoms with Gasteiger partial charge >= 0.3 is 17.9 Å². The third kappa shape index (κ3) is 57.2. The molecule has 0 aliphatic carbocycles. The molecule has 0 aromatic carbocycles. The van der Waals surface area contributed by atoms with Crippen LogP contribution >= 0.6 is 0 Å². The van der Waals surface area contributed by atoms with Crippen LogP contribution in [0.15, 0.2) is 0 Å². The van der Waals surface area contributed by atoms with Crippen LogP contribution in [0.1, 0.15) is 356 Å². The van der Waals surface area contributed by atoms with Crippen LogP contribution in [0.5, 0.6) is 0 Å². The van der Waals surface area contributed by atoms with E-state index in [2.05, 4.69) is 34.6 Å². The highest BCUT2D eigenvalue weighted by atomic mass is 16.6. The van der Waals surface area contributed by atoms with Gasteiger partial charge in [0.25, 0.3) is 0 Å². The third-order valence-corrected chi connectivity index (χ3v) is 14.5. The van der Waals surface area contributed by atoms with Crippen molar-refractivity contribution < 1.29 is 28.6 Å². The summed E-state index contributed by atoms with van der Waals surface area (Å²) in [5.74, 6) is 0.840. The highest BCUT2D eigenvalue weighted by molar-refractivity contribution is 5.71. The van der Waals surface area contributed by atoms with Crippen LogP contribution in [0.4, 0.5) is 0 Å². The van der Waals surface area contributed by atoms with Gasteiger partial charge in [0.15, 0.2) is 6.10 Å². The van der Waals surface area contributed by atoms with E-state index in [9.17, 15) is 14.4 Å². The van der Waals surface area contributed by atoms with Gasteiger partial charge in [0.1, 0.15) is 13.2 Å². The van der Waals surface area contributed by atoms with E-state index in [-0.39, 0.29) is 31.1 Å². The van der Waals surface area contributed by atoms with Crippen molar-refractivity contribution in [2.24, 2.45) is 11.8 Å². The minimum absolute atomic E-state index is 0.0622. The molecule has 0 radical (unpaired) electrons. The predicted molar refractivity (Wildman–Crippen MR) is 298 cm³/mol. The summed E-state index contributed by atoms with van der Waals surface area (Å²) in [6, 6.07) is 0. The van der Waals surface area contributed by atoms with E-state index in [1.54, 1.807) is 0 Å². The first-order valence-electron chi connectivity index (χ1n) is 31.2. The van der Waals surface area contributed by atoms with E-state index in [4.69, 9.17) is 14.2 Å². The first-order chi connectivity index (χ1) is 33.7. The van der Waals surface area contributed by atoms with Crippen LogP contribution in [-0.2, 0) is 28.6 Å². The second-order valence-electron chi connectivity index (χ2n) is 22.6. The zero-order valence-corrected chi connectivity index (χ0v) is 47.5.